The van der Waals surface area contributed by atoms with Crippen LogP contribution in [-0.2, 0) is 0 Å². The summed E-state index contributed by atoms with van der Waals surface area (Å²) in [6.07, 6.45) is 5.53. The SMILES string of the molecule is COc1ccc(Cl)c(C2C[C@@H]3CC[C@@H](C3)C2CN(C)C)c1. The van der Waals surface area contributed by atoms with E-state index in [2.05, 4.69) is 25.1 Å². The molecular weight excluding hydrogens is 282 g/mol. The number of nitrogens with zero attached hydrogens (tertiary/aromatic N) is 1. The van der Waals surface area contributed by atoms with Gasteiger partial charge < -0.3 is 9.64 Å². The maximum absolute atomic E-state index is 6.54. The van der Waals surface area contributed by atoms with Crippen molar-refractivity contribution in [1.29, 1.82) is 0 Å². The van der Waals surface area contributed by atoms with Crippen LogP contribution in [0.1, 0.15) is 37.2 Å². The Labute approximate surface area is 133 Å². The third-order valence-electron chi connectivity index (χ3n) is 5.47. The molecule has 1 aromatic carbocycles. The van der Waals surface area contributed by atoms with E-state index in [0.29, 0.717) is 5.92 Å². The third kappa shape index (κ3) is 3.07. The summed E-state index contributed by atoms with van der Waals surface area (Å²) in [5.74, 6) is 4.01. The summed E-state index contributed by atoms with van der Waals surface area (Å²) < 4.78 is 5.42. The Morgan fingerprint density at radius 3 is 2.76 bits per heavy atom. The summed E-state index contributed by atoms with van der Waals surface area (Å²) in [6.45, 7) is 1.16. The summed E-state index contributed by atoms with van der Waals surface area (Å²) >= 11 is 6.54. The molecule has 2 fully saturated rings. The van der Waals surface area contributed by atoms with Crippen LogP contribution in [0.4, 0.5) is 0 Å². The van der Waals surface area contributed by atoms with E-state index in [-0.39, 0.29) is 0 Å². The molecule has 0 amide bonds. The van der Waals surface area contributed by atoms with E-state index >= 15 is 0 Å². The summed E-state index contributed by atoms with van der Waals surface area (Å²) in [5, 5.41) is 0.908. The number of halogens is 1. The smallest absolute Gasteiger partial charge is 0.119 e. The van der Waals surface area contributed by atoms with Crippen LogP contribution < -0.4 is 4.74 Å². The number of benzene rings is 1. The normalized spacial score (nSPS) is 31.7. The lowest BCUT2D eigenvalue weighted by atomic mass is 9.69. The summed E-state index contributed by atoms with van der Waals surface area (Å²) in [7, 11) is 6.10. The van der Waals surface area contributed by atoms with E-state index < -0.39 is 0 Å². The molecule has 0 N–H and O–H groups in total. The van der Waals surface area contributed by atoms with E-state index in [1.165, 1.54) is 31.2 Å². The van der Waals surface area contributed by atoms with Crippen LogP contribution >= 0.6 is 11.6 Å². The first-order valence-electron chi connectivity index (χ1n) is 8.06. The molecule has 0 saturated heterocycles. The number of hydrogen-bond acceptors (Lipinski definition) is 2. The largest absolute Gasteiger partial charge is 0.497 e. The molecule has 2 bridgehead atoms. The monoisotopic (exact) mass is 307 g/mol. The standard InChI is InChI=1S/C18H26ClNO/c1-20(2)11-17-13-5-4-12(8-13)9-15(17)16-10-14(21-3)6-7-18(16)19/h6-7,10,12-13,15,17H,4-5,8-9,11H2,1-3H3/t12-,13+,15?,17?/m1/s1. The van der Waals surface area contributed by atoms with E-state index in [9.17, 15) is 0 Å². The van der Waals surface area contributed by atoms with Gasteiger partial charge in [-0.2, -0.15) is 0 Å². The Bertz CT molecular complexity index is 502. The van der Waals surface area contributed by atoms with Gasteiger partial charge in [0.05, 0.1) is 7.11 Å². The number of methoxy groups -OCH3 is 1. The molecule has 2 saturated carbocycles. The molecule has 4 atom stereocenters. The molecule has 1 aromatic rings. The van der Waals surface area contributed by atoms with Crippen molar-refractivity contribution in [2.24, 2.45) is 17.8 Å². The van der Waals surface area contributed by atoms with Gasteiger partial charge in [-0.3, -0.25) is 0 Å². The van der Waals surface area contributed by atoms with Gasteiger partial charge in [0.1, 0.15) is 5.75 Å². The van der Waals surface area contributed by atoms with Gasteiger partial charge in [0.15, 0.2) is 0 Å². The van der Waals surface area contributed by atoms with Gasteiger partial charge in [0.25, 0.3) is 0 Å². The van der Waals surface area contributed by atoms with Crippen LogP contribution in [0.15, 0.2) is 18.2 Å². The Kier molecular flexibility index (Phi) is 4.46. The number of rotatable bonds is 4. The second kappa shape index (κ2) is 6.18. The van der Waals surface area contributed by atoms with Gasteiger partial charge >= 0.3 is 0 Å². The van der Waals surface area contributed by atoms with Crippen molar-refractivity contribution in [3.63, 3.8) is 0 Å². The Morgan fingerprint density at radius 1 is 1.24 bits per heavy atom. The van der Waals surface area contributed by atoms with Gasteiger partial charge in [-0.15, -0.1) is 0 Å². The highest BCUT2D eigenvalue weighted by atomic mass is 35.5. The van der Waals surface area contributed by atoms with E-state index in [0.717, 1.165) is 35.1 Å². The lowest BCUT2D eigenvalue weighted by Gasteiger charge is -2.39. The van der Waals surface area contributed by atoms with Crippen LogP contribution in [0.3, 0.4) is 0 Å². The van der Waals surface area contributed by atoms with Crippen molar-refractivity contribution in [2.75, 3.05) is 27.7 Å². The first-order valence-corrected chi connectivity index (χ1v) is 8.44. The number of ether oxygens (including phenoxy) is 1. The second-order valence-corrected chi connectivity index (χ2v) is 7.50. The van der Waals surface area contributed by atoms with Crippen molar-refractivity contribution in [3.05, 3.63) is 28.8 Å². The number of hydrogen-bond donors (Lipinski definition) is 0. The van der Waals surface area contributed by atoms with Gasteiger partial charge in [-0.25, -0.2) is 0 Å². The maximum Gasteiger partial charge on any atom is 0.119 e. The van der Waals surface area contributed by atoms with Crippen LogP contribution in [0, 0.1) is 17.8 Å². The predicted octanol–water partition coefficient (Wildman–Crippen LogP) is 4.43. The maximum atomic E-state index is 6.54. The topological polar surface area (TPSA) is 12.5 Å². The van der Waals surface area contributed by atoms with Gasteiger partial charge in [0.2, 0.25) is 0 Å². The van der Waals surface area contributed by atoms with E-state index in [4.69, 9.17) is 16.3 Å². The molecule has 0 heterocycles. The fraction of sp³-hybridized carbons (Fsp3) is 0.667. The van der Waals surface area contributed by atoms with Crippen LogP contribution in [0.2, 0.25) is 5.02 Å². The van der Waals surface area contributed by atoms with Crippen molar-refractivity contribution < 1.29 is 4.74 Å². The number of fused-ring (bicyclic) bond motifs is 2. The summed E-state index contributed by atoms with van der Waals surface area (Å²) in [5.41, 5.74) is 1.31. The first-order chi connectivity index (χ1) is 10.1. The predicted molar refractivity (Wildman–Crippen MR) is 88.2 cm³/mol. The molecule has 116 valence electrons. The lowest BCUT2D eigenvalue weighted by Crippen LogP contribution is -2.34. The highest BCUT2D eigenvalue weighted by Crippen LogP contribution is 2.53. The third-order valence-corrected chi connectivity index (χ3v) is 5.81. The lowest BCUT2D eigenvalue weighted by molar-refractivity contribution is 0.165. The molecule has 0 aromatic heterocycles. The summed E-state index contributed by atoms with van der Waals surface area (Å²) in [6, 6.07) is 6.13. The zero-order valence-electron chi connectivity index (χ0n) is 13.3. The van der Waals surface area contributed by atoms with Gasteiger partial charge in [-0.1, -0.05) is 18.0 Å². The Morgan fingerprint density at radius 2 is 2.05 bits per heavy atom. The minimum Gasteiger partial charge on any atom is -0.497 e. The molecule has 2 nitrogen and oxygen atoms in total. The molecule has 2 unspecified atom stereocenters. The minimum atomic E-state index is 0.584. The molecule has 2 aliphatic carbocycles. The minimum absolute atomic E-state index is 0.584. The van der Waals surface area contributed by atoms with Crippen molar-refractivity contribution in [3.8, 4) is 5.75 Å². The fourth-order valence-corrected chi connectivity index (χ4v) is 4.83. The quantitative estimate of drug-likeness (QED) is 0.816. The van der Waals surface area contributed by atoms with Crippen LogP contribution in [0.5, 0.6) is 5.75 Å². The van der Waals surface area contributed by atoms with Crippen LogP contribution in [0.25, 0.3) is 0 Å². The van der Waals surface area contributed by atoms with Crippen molar-refractivity contribution in [1.82, 2.24) is 4.90 Å². The van der Waals surface area contributed by atoms with E-state index in [1.54, 1.807) is 7.11 Å². The van der Waals surface area contributed by atoms with Crippen LogP contribution in [-0.4, -0.2) is 32.6 Å². The Hall–Kier alpha value is -0.730. The zero-order valence-corrected chi connectivity index (χ0v) is 14.1. The van der Waals surface area contributed by atoms with Gasteiger partial charge in [-0.05, 0) is 80.8 Å². The fourth-order valence-electron chi connectivity index (χ4n) is 4.57. The van der Waals surface area contributed by atoms with Crippen molar-refractivity contribution >= 4 is 11.6 Å². The van der Waals surface area contributed by atoms with E-state index in [1.807, 2.05) is 12.1 Å². The molecular formula is C18H26ClNO. The molecule has 2 aliphatic rings. The zero-order chi connectivity index (χ0) is 15.0. The molecule has 0 radical (unpaired) electrons. The molecule has 0 aliphatic heterocycles. The molecule has 0 spiro atoms. The second-order valence-electron chi connectivity index (χ2n) is 7.09. The van der Waals surface area contributed by atoms with Gasteiger partial charge in [0, 0.05) is 11.6 Å². The Balaban J connectivity index is 1.94. The highest BCUT2D eigenvalue weighted by Gasteiger charge is 2.42. The molecule has 3 heteroatoms. The summed E-state index contributed by atoms with van der Waals surface area (Å²) in [4.78, 5) is 2.34. The van der Waals surface area contributed by atoms with Crippen molar-refractivity contribution in [2.45, 2.75) is 31.6 Å². The highest BCUT2D eigenvalue weighted by molar-refractivity contribution is 6.31. The average molecular weight is 308 g/mol. The average Bonchev–Trinajstić information content (AvgIpc) is 2.85. The molecule has 21 heavy (non-hydrogen) atoms. The first kappa shape index (κ1) is 15.2. The molecule has 3 rings (SSSR count).